The van der Waals surface area contributed by atoms with Gasteiger partial charge in [-0.25, -0.2) is 4.79 Å². The average molecular weight is 495 g/mol. The van der Waals surface area contributed by atoms with Crippen LogP contribution in [0.1, 0.15) is 163 Å². The summed E-state index contributed by atoms with van der Waals surface area (Å²) in [6.07, 6.45) is 28.4. The van der Waals surface area contributed by atoms with E-state index in [0.717, 1.165) is 0 Å². The van der Waals surface area contributed by atoms with E-state index < -0.39 is 14.0 Å². The predicted molar refractivity (Wildman–Crippen MR) is 156 cm³/mol. The normalized spacial score (nSPS) is 12.4. The Morgan fingerprint density at radius 1 is 0.529 bits per heavy atom. The van der Waals surface area contributed by atoms with Crippen molar-refractivity contribution in [3.8, 4) is 0 Å². The molecule has 0 spiro atoms. The van der Waals surface area contributed by atoms with E-state index in [2.05, 4.69) is 26.5 Å². The van der Waals surface area contributed by atoms with Gasteiger partial charge < -0.3 is 5.11 Å². The third kappa shape index (κ3) is 19.7. The molecule has 0 rings (SSSR count). The maximum Gasteiger partial charge on any atom is 0.330 e. The molecule has 0 aliphatic rings. The summed E-state index contributed by atoms with van der Waals surface area (Å²) in [7, 11) is -1.69. The van der Waals surface area contributed by atoms with E-state index in [-0.39, 0.29) is 0 Å². The van der Waals surface area contributed by atoms with Crippen molar-refractivity contribution in [2.24, 2.45) is 0 Å². The zero-order valence-corrected chi connectivity index (χ0v) is 24.9. The quantitative estimate of drug-likeness (QED) is 0.0737. The van der Waals surface area contributed by atoms with Gasteiger partial charge in [-0.3, -0.25) is 0 Å². The summed E-state index contributed by atoms with van der Waals surface area (Å²) in [5.74, 6) is -0.699. The van der Waals surface area contributed by atoms with Crippen LogP contribution in [0.2, 0.25) is 18.1 Å². The molecule has 2 nitrogen and oxygen atoms in total. The Bertz CT molecular complexity index is 440. The molecule has 0 aliphatic heterocycles. The highest BCUT2D eigenvalue weighted by Gasteiger charge is 2.30. The second kappa shape index (κ2) is 24.1. The lowest BCUT2D eigenvalue weighted by molar-refractivity contribution is -0.132. The Kier molecular flexibility index (Phi) is 23.7. The fraction of sp³-hybridized carbons (Fsp3) is 0.903. The number of hydrogen-bond acceptors (Lipinski definition) is 1. The van der Waals surface area contributed by atoms with Gasteiger partial charge >= 0.3 is 5.97 Å². The molecule has 3 heteroatoms. The smallest absolute Gasteiger partial charge is 0.330 e. The second-order valence-corrected chi connectivity index (χ2v) is 15.6. The maximum absolute atomic E-state index is 11.8. The van der Waals surface area contributed by atoms with Crippen molar-refractivity contribution in [1.82, 2.24) is 0 Å². The second-order valence-electron chi connectivity index (χ2n) is 11.1. The highest BCUT2D eigenvalue weighted by Crippen LogP contribution is 2.32. The molecule has 0 fully saturated rings. The van der Waals surface area contributed by atoms with Crippen LogP contribution in [-0.2, 0) is 4.79 Å². The molecule has 0 aromatic carbocycles. The maximum atomic E-state index is 11.8. The molecule has 0 saturated heterocycles. The summed E-state index contributed by atoms with van der Waals surface area (Å²) in [5.41, 5.74) is 2.96. The molecule has 0 amide bonds. The number of unbranched alkanes of at least 4 members (excludes halogenated alkanes) is 18. The number of aliphatic carboxylic acids is 1. The Balaban J connectivity index is 4.94. The van der Waals surface area contributed by atoms with Gasteiger partial charge in [0.25, 0.3) is 0 Å². The molecule has 0 atom stereocenters. The van der Waals surface area contributed by atoms with Gasteiger partial charge in [0.05, 0.1) is 8.07 Å². The molecule has 0 radical (unpaired) electrons. The van der Waals surface area contributed by atoms with Crippen LogP contribution in [0.5, 0.6) is 0 Å². The first-order valence-corrected chi connectivity index (χ1v) is 18.1. The van der Waals surface area contributed by atoms with E-state index >= 15 is 0 Å². The van der Waals surface area contributed by atoms with Gasteiger partial charge in [0, 0.05) is 5.57 Å². The summed E-state index contributed by atoms with van der Waals surface area (Å²) >= 11 is 0. The van der Waals surface area contributed by atoms with Crippen molar-refractivity contribution < 1.29 is 9.90 Å². The monoisotopic (exact) mass is 494 g/mol. The van der Waals surface area contributed by atoms with Crippen LogP contribution in [0.15, 0.2) is 11.3 Å². The lowest BCUT2D eigenvalue weighted by Crippen LogP contribution is -2.33. The van der Waals surface area contributed by atoms with Crippen LogP contribution < -0.4 is 0 Å². The molecule has 0 saturated carbocycles. The molecule has 34 heavy (non-hydrogen) atoms. The molecule has 1 N–H and O–H groups in total. The Labute approximate surface area is 215 Å². The standard InChI is InChI=1S/C31H62O2Si/c1-5-8-11-14-17-20-23-26-34(29-30(4)31(32)33,27-24-21-18-15-12-9-6-2)28-25-22-19-16-13-10-7-3/h29H,5-28H2,1-4H3,(H,32,33). The Hall–Kier alpha value is -0.573. The highest BCUT2D eigenvalue weighted by atomic mass is 28.3. The third-order valence-electron chi connectivity index (χ3n) is 7.69. The van der Waals surface area contributed by atoms with Gasteiger partial charge in [-0.05, 0) is 6.92 Å². The van der Waals surface area contributed by atoms with Gasteiger partial charge in [0.15, 0.2) is 0 Å². The van der Waals surface area contributed by atoms with Crippen LogP contribution >= 0.6 is 0 Å². The van der Waals surface area contributed by atoms with Crippen molar-refractivity contribution in [2.75, 3.05) is 0 Å². The van der Waals surface area contributed by atoms with E-state index in [9.17, 15) is 9.90 Å². The van der Waals surface area contributed by atoms with Crippen LogP contribution in [0.25, 0.3) is 0 Å². The van der Waals surface area contributed by atoms with E-state index in [4.69, 9.17) is 0 Å². The molecule has 0 aromatic rings. The van der Waals surface area contributed by atoms with Crippen molar-refractivity contribution >= 4 is 14.0 Å². The van der Waals surface area contributed by atoms with Gasteiger partial charge in [-0.1, -0.05) is 179 Å². The number of rotatable bonds is 26. The zero-order valence-electron chi connectivity index (χ0n) is 23.9. The summed E-state index contributed by atoms with van der Waals surface area (Å²) in [5, 5.41) is 9.68. The molecule has 0 heterocycles. The van der Waals surface area contributed by atoms with Gasteiger partial charge in [0.1, 0.15) is 0 Å². The Morgan fingerprint density at radius 2 is 0.794 bits per heavy atom. The van der Waals surface area contributed by atoms with Crippen LogP contribution in [0.3, 0.4) is 0 Å². The molecule has 0 aliphatic carbocycles. The largest absolute Gasteiger partial charge is 0.478 e. The van der Waals surface area contributed by atoms with Crippen LogP contribution in [-0.4, -0.2) is 19.1 Å². The average Bonchev–Trinajstić information content (AvgIpc) is 2.82. The van der Waals surface area contributed by atoms with E-state index in [1.54, 1.807) is 0 Å². The molecule has 0 bridgehead atoms. The van der Waals surface area contributed by atoms with Crippen molar-refractivity contribution in [1.29, 1.82) is 0 Å². The molecular formula is C31H62O2Si. The van der Waals surface area contributed by atoms with Gasteiger partial charge in [0.2, 0.25) is 0 Å². The third-order valence-corrected chi connectivity index (χ3v) is 12.8. The fourth-order valence-corrected chi connectivity index (χ4v) is 10.5. The zero-order chi connectivity index (χ0) is 25.3. The molecule has 0 unspecified atom stereocenters. The summed E-state index contributed by atoms with van der Waals surface area (Å²) in [4.78, 5) is 11.8. The lowest BCUT2D eigenvalue weighted by Gasteiger charge is -2.30. The summed E-state index contributed by atoms with van der Waals surface area (Å²) < 4.78 is 0. The van der Waals surface area contributed by atoms with Crippen molar-refractivity contribution in [3.05, 3.63) is 11.3 Å². The SMILES string of the molecule is CCCCCCCCC[Si](C=C(C)C(=O)O)(CCCCCCCCC)CCCCCCCCC. The minimum Gasteiger partial charge on any atom is -0.478 e. The number of carboxylic acid groups (broad SMARTS) is 1. The minimum absolute atomic E-state index is 0.625. The van der Waals surface area contributed by atoms with E-state index in [1.807, 2.05) is 6.92 Å². The first-order chi connectivity index (χ1) is 16.5. The topological polar surface area (TPSA) is 37.3 Å². The first-order valence-electron chi connectivity index (χ1n) is 15.4. The van der Waals surface area contributed by atoms with Crippen molar-refractivity contribution in [2.45, 2.75) is 181 Å². The minimum atomic E-state index is -1.69. The van der Waals surface area contributed by atoms with E-state index in [1.165, 1.54) is 153 Å². The van der Waals surface area contributed by atoms with E-state index in [0.29, 0.717) is 5.57 Å². The fourth-order valence-electron chi connectivity index (χ4n) is 5.42. The first kappa shape index (κ1) is 33.4. The number of carboxylic acids is 1. The number of hydrogen-bond donors (Lipinski definition) is 1. The Morgan fingerprint density at radius 3 is 1.06 bits per heavy atom. The summed E-state index contributed by atoms with van der Waals surface area (Å²) in [6, 6.07) is 3.95. The summed E-state index contributed by atoms with van der Waals surface area (Å²) in [6.45, 7) is 8.70. The molecule has 0 aromatic heterocycles. The molecular weight excluding hydrogens is 432 g/mol. The van der Waals surface area contributed by atoms with Crippen LogP contribution in [0, 0.1) is 0 Å². The van der Waals surface area contributed by atoms with Gasteiger partial charge in [-0.2, -0.15) is 0 Å². The highest BCUT2D eigenvalue weighted by molar-refractivity contribution is 6.84. The molecule has 202 valence electrons. The number of carbonyl (C=O) groups is 1. The predicted octanol–water partition coefficient (Wildman–Crippen LogP) is 11.3. The van der Waals surface area contributed by atoms with Gasteiger partial charge in [-0.15, -0.1) is 0 Å². The van der Waals surface area contributed by atoms with Crippen molar-refractivity contribution in [3.63, 3.8) is 0 Å². The van der Waals surface area contributed by atoms with Crippen LogP contribution in [0.4, 0.5) is 0 Å². The lowest BCUT2D eigenvalue weighted by atomic mass is 10.1.